The number of ketones is 1. The maximum absolute atomic E-state index is 14.6. The summed E-state index contributed by atoms with van der Waals surface area (Å²) in [5, 5.41) is 11.2. The Labute approximate surface area is 296 Å². The van der Waals surface area contributed by atoms with Gasteiger partial charge < -0.3 is 26.2 Å². The Morgan fingerprint density at radius 1 is 1.00 bits per heavy atom. The predicted octanol–water partition coefficient (Wildman–Crippen LogP) is 3.11. The Hall–Kier alpha value is -4.16. The fraction of sp³-hybridized carbons (Fsp3) is 0.676. The molecule has 1 aliphatic heterocycles. The lowest BCUT2D eigenvalue weighted by molar-refractivity contribution is -0.146. The predicted molar refractivity (Wildman–Crippen MR) is 189 cm³/mol. The van der Waals surface area contributed by atoms with E-state index in [-0.39, 0.29) is 43.0 Å². The summed E-state index contributed by atoms with van der Waals surface area (Å²) in [6.45, 7) is 15.4. The van der Waals surface area contributed by atoms with Crippen molar-refractivity contribution in [1.82, 2.24) is 36.1 Å². The third-order valence-corrected chi connectivity index (χ3v) is 9.85. The number of hydrogen-bond acceptors (Lipinski definition) is 8. The molecule has 1 aromatic heterocycles. The van der Waals surface area contributed by atoms with Crippen molar-refractivity contribution in [3.05, 3.63) is 36.9 Å². The molecular formula is C37H57N7O6. The van der Waals surface area contributed by atoms with E-state index in [0.717, 1.165) is 38.5 Å². The van der Waals surface area contributed by atoms with Crippen molar-refractivity contribution < 1.29 is 28.8 Å². The zero-order valence-corrected chi connectivity index (χ0v) is 30.6. The average Bonchev–Trinajstić information content (AvgIpc) is 3.56. The summed E-state index contributed by atoms with van der Waals surface area (Å²) in [5.74, 6) is -3.79. The van der Waals surface area contributed by atoms with Crippen LogP contribution >= 0.6 is 0 Å². The van der Waals surface area contributed by atoms with Crippen LogP contribution in [0.1, 0.15) is 110 Å². The Morgan fingerprint density at radius 2 is 1.70 bits per heavy atom. The van der Waals surface area contributed by atoms with Gasteiger partial charge in [0.25, 0.3) is 11.8 Å². The molecule has 0 radical (unpaired) electrons. The van der Waals surface area contributed by atoms with E-state index in [9.17, 15) is 28.8 Å². The van der Waals surface area contributed by atoms with Gasteiger partial charge in [-0.3, -0.25) is 33.8 Å². The maximum atomic E-state index is 14.6. The first kappa shape index (κ1) is 40.3. The second-order valence-corrected chi connectivity index (χ2v) is 15.0. The molecule has 50 heavy (non-hydrogen) atoms. The van der Waals surface area contributed by atoms with Gasteiger partial charge in [0.2, 0.25) is 23.5 Å². The van der Waals surface area contributed by atoms with E-state index in [2.05, 4.69) is 37.8 Å². The molecule has 1 saturated heterocycles. The Morgan fingerprint density at radius 3 is 2.28 bits per heavy atom. The molecule has 2 fully saturated rings. The number of amides is 5. The minimum atomic E-state index is -1.05. The summed E-state index contributed by atoms with van der Waals surface area (Å²) in [4.78, 5) is 91.3. The van der Waals surface area contributed by atoms with Gasteiger partial charge in [0.15, 0.2) is 0 Å². The fourth-order valence-corrected chi connectivity index (χ4v) is 6.98. The molecule has 13 heteroatoms. The molecular weight excluding hydrogens is 638 g/mol. The smallest absolute Gasteiger partial charge is 0.289 e. The second kappa shape index (κ2) is 18.7. The van der Waals surface area contributed by atoms with Crippen LogP contribution in [-0.2, 0) is 24.0 Å². The number of nitrogens with zero attached hydrogens (tertiary/aromatic N) is 3. The summed E-state index contributed by atoms with van der Waals surface area (Å²) in [7, 11) is 0. The number of unbranched alkanes of at least 4 members (excludes halogenated alkanes) is 1. The van der Waals surface area contributed by atoms with Crippen LogP contribution in [0, 0.1) is 23.2 Å². The highest BCUT2D eigenvalue weighted by Gasteiger charge is 2.48. The SMILES string of the molecule is C=CCNC(=O)C(=O)C(CCCC)NC(=O)[C@@H]1C(C(C)C)CCN1C(=O)[C@@H](NC(=O)[C@@H](NC(=O)c1cnccn1)C1CCCCC1)C(C)(C)C. The molecule has 0 spiro atoms. The van der Waals surface area contributed by atoms with E-state index in [0.29, 0.717) is 12.8 Å². The molecule has 5 amide bonds. The van der Waals surface area contributed by atoms with Gasteiger partial charge in [-0.2, -0.15) is 0 Å². The lowest BCUT2D eigenvalue weighted by atomic mass is 9.82. The van der Waals surface area contributed by atoms with E-state index in [1.165, 1.54) is 29.6 Å². The summed E-state index contributed by atoms with van der Waals surface area (Å²) < 4.78 is 0. The highest BCUT2D eigenvalue weighted by Crippen LogP contribution is 2.34. The van der Waals surface area contributed by atoms with Crippen molar-refractivity contribution in [3.8, 4) is 0 Å². The highest BCUT2D eigenvalue weighted by molar-refractivity contribution is 6.38. The second-order valence-electron chi connectivity index (χ2n) is 15.0. The van der Waals surface area contributed by atoms with Gasteiger partial charge in [0, 0.05) is 25.5 Å². The van der Waals surface area contributed by atoms with Gasteiger partial charge in [-0.15, -0.1) is 6.58 Å². The Balaban J connectivity index is 1.89. The van der Waals surface area contributed by atoms with Crippen LogP contribution in [0.4, 0.5) is 0 Å². The number of hydrogen-bond donors (Lipinski definition) is 4. The van der Waals surface area contributed by atoms with Gasteiger partial charge in [0.1, 0.15) is 23.8 Å². The third-order valence-electron chi connectivity index (χ3n) is 9.85. The van der Waals surface area contributed by atoms with E-state index >= 15 is 0 Å². The van der Waals surface area contributed by atoms with Crippen LogP contribution in [0.15, 0.2) is 31.2 Å². The number of carbonyl (C=O) groups excluding carboxylic acids is 6. The molecule has 2 unspecified atom stereocenters. The average molecular weight is 696 g/mol. The van der Waals surface area contributed by atoms with Crippen molar-refractivity contribution in [2.75, 3.05) is 13.1 Å². The number of carbonyl (C=O) groups is 6. The van der Waals surface area contributed by atoms with Gasteiger partial charge in [-0.05, 0) is 48.9 Å². The van der Waals surface area contributed by atoms with Crippen molar-refractivity contribution in [2.24, 2.45) is 23.2 Å². The Bertz CT molecular complexity index is 1360. The standard InChI is InChI=1S/C37H57N7O6/c1-8-10-16-26(30(45)35(49)40-18-9-2)41-34(48)29-25(23(3)4)17-21-44(29)36(50)31(37(5,6)7)43-33(47)28(24-14-12-11-13-15-24)42-32(46)27-22-38-19-20-39-27/h9,19-20,22-26,28-29,31H,2,8,10-18,21H2,1,3-7H3,(H,40,49)(H,41,48)(H,42,46)(H,43,47)/t25?,26?,28-,29-,31+/m0/s1. The summed E-state index contributed by atoms with van der Waals surface area (Å²) in [6, 6.07) is -3.90. The minimum absolute atomic E-state index is 0.0268. The van der Waals surface area contributed by atoms with Gasteiger partial charge in [-0.1, -0.05) is 79.7 Å². The molecule has 276 valence electrons. The molecule has 5 atom stereocenters. The van der Waals surface area contributed by atoms with E-state index in [1.807, 2.05) is 41.5 Å². The number of rotatable bonds is 16. The number of aromatic nitrogens is 2. The van der Waals surface area contributed by atoms with E-state index in [4.69, 9.17) is 0 Å². The van der Waals surface area contributed by atoms with E-state index in [1.54, 1.807) is 0 Å². The fourth-order valence-electron chi connectivity index (χ4n) is 6.98. The summed E-state index contributed by atoms with van der Waals surface area (Å²) in [5.41, 5.74) is -0.678. The van der Waals surface area contributed by atoms with Crippen molar-refractivity contribution in [3.63, 3.8) is 0 Å². The molecule has 1 aliphatic carbocycles. The zero-order chi connectivity index (χ0) is 37.0. The van der Waals surface area contributed by atoms with Crippen LogP contribution in [0.25, 0.3) is 0 Å². The molecule has 3 rings (SSSR count). The number of Topliss-reactive ketones (excluding diaryl/α,β-unsaturated/α-hetero) is 1. The lowest BCUT2D eigenvalue weighted by Crippen LogP contribution is -2.62. The van der Waals surface area contributed by atoms with Crippen molar-refractivity contribution >= 4 is 35.3 Å². The Kier molecular flexibility index (Phi) is 15.1. The third kappa shape index (κ3) is 10.7. The molecule has 0 bridgehead atoms. The molecule has 4 N–H and O–H groups in total. The van der Waals surface area contributed by atoms with Crippen LogP contribution < -0.4 is 21.3 Å². The monoisotopic (exact) mass is 695 g/mol. The quantitative estimate of drug-likeness (QED) is 0.151. The minimum Gasteiger partial charge on any atom is -0.346 e. The molecule has 2 aliphatic rings. The van der Waals surface area contributed by atoms with Crippen LogP contribution in [0.5, 0.6) is 0 Å². The topological polar surface area (TPSA) is 180 Å². The van der Waals surface area contributed by atoms with Crippen LogP contribution in [0.2, 0.25) is 0 Å². The van der Waals surface area contributed by atoms with Crippen LogP contribution in [0.3, 0.4) is 0 Å². The summed E-state index contributed by atoms with van der Waals surface area (Å²) in [6.07, 6.45) is 12.3. The first-order chi connectivity index (χ1) is 23.7. The van der Waals surface area contributed by atoms with E-state index < -0.39 is 64.9 Å². The van der Waals surface area contributed by atoms with Crippen molar-refractivity contribution in [1.29, 1.82) is 0 Å². The van der Waals surface area contributed by atoms with Gasteiger partial charge in [-0.25, -0.2) is 4.98 Å². The highest BCUT2D eigenvalue weighted by atomic mass is 16.2. The first-order valence-electron chi connectivity index (χ1n) is 18.1. The lowest BCUT2D eigenvalue weighted by Gasteiger charge is -2.38. The molecule has 0 aromatic carbocycles. The molecule has 2 heterocycles. The molecule has 1 aromatic rings. The van der Waals surface area contributed by atoms with Crippen LogP contribution in [-0.4, -0.2) is 87.4 Å². The van der Waals surface area contributed by atoms with Gasteiger partial charge >= 0.3 is 0 Å². The number of likely N-dealkylation sites (tertiary alicyclic amines) is 1. The maximum Gasteiger partial charge on any atom is 0.289 e. The molecule has 1 saturated carbocycles. The normalized spacial score (nSPS) is 19.9. The first-order valence-corrected chi connectivity index (χ1v) is 18.1. The summed E-state index contributed by atoms with van der Waals surface area (Å²) >= 11 is 0. The zero-order valence-electron chi connectivity index (χ0n) is 30.6. The van der Waals surface area contributed by atoms with Crippen molar-refractivity contribution in [2.45, 2.75) is 123 Å². The molecule has 13 nitrogen and oxygen atoms in total. The largest absolute Gasteiger partial charge is 0.346 e. The number of nitrogens with one attached hydrogen (secondary N) is 4. The van der Waals surface area contributed by atoms with Gasteiger partial charge in [0.05, 0.1) is 12.2 Å².